The molecule has 2 aromatic carbocycles. The molecule has 1 atom stereocenters. The molecule has 0 bridgehead atoms. The topological polar surface area (TPSA) is 55.4 Å². The molecular weight excluding hydrogens is 310 g/mol. The molecule has 2 aromatic rings. The summed E-state index contributed by atoms with van der Waals surface area (Å²) in [7, 11) is 0. The molecule has 0 aliphatic heterocycles. The molecule has 0 aromatic heterocycles. The summed E-state index contributed by atoms with van der Waals surface area (Å²) >= 11 is 1.46. The Morgan fingerprint density at radius 2 is 1.74 bits per heavy atom. The third kappa shape index (κ3) is 4.86. The van der Waals surface area contributed by atoms with Crippen molar-refractivity contribution in [2.24, 2.45) is 0 Å². The molecule has 0 spiro atoms. The fourth-order valence-electron chi connectivity index (χ4n) is 2.13. The van der Waals surface area contributed by atoms with E-state index in [4.69, 9.17) is 4.74 Å². The van der Waals surface area contributed by atoms with Gasteiger partial charge in [-0.25, -0.2) is 4.79 Å². The van der Waals surface area contributed by atoms with Gasteiger partial charge in [-0.3, -0.25) is 4.79 Å². The maximum Gasteiger partial charge on any atom is 0.339 e. The van der Waals surface area contributed by atoms with Crippen LogP contribution in [0.25, 0.3) is 0 Å². The van der Waals surface area contributed by atoms with Crippen LogP contribution in [0.4, 0.5) is 0 Å². The SMILES string of the molecule is CSc1ccccc1C(=O)OCC(=O)N[C@H](C)c1ccccc1. The van der Waals surface area contributed by atoms with Crippen molar-refractivity contribution < 1.29 is 14.3 Å². The number of benzene rings is 2. The molecule has 2 rings (SSSR count). The van der Waals surface area contributed by atoms with Crippen molar-refractivity contribution in [3.63, 3.8) is 0 Å². The van der Waals surface area contributed by atoms with Crippen LogP contribution >= 0.6 is 11.8 Å². The summed E-state index contributed by atoms with van der Waals surface area (Å²) in [6.45, 7) is 1.59. The highest BCUT2D eigenvalue weighted by Gasteiger charge is 2.15. The van der Waals surface area contributed by atoms with Crippen LogP contribution in [0, 0.1) is 0 Å². The Morgan fingerprint density at radius 3 is 2.43 bits per heavy atom. The largest absolute Gasteiger partial charge is 0.452 e. The van der Waals surface area contributed by atoms with E-state index < -0.39 is 5.97 Å². The molecule has 5 heteroatoms. The van der Waals surface area contributed by atoms with E-state index in [0.29, 0.717) is 5.56 Å². The van der Waals surface area contributed by atoms with Gasteiger partial charge in [0.1, 0.15) is 0 Å². The predicted molar refractivity (Wildman–Crippen MR) is 91.5 cm³/mol. The first-order valence-electron chi connectivity index (χ1n) is 7.26. The standard InChI is InChI=1S/C18H19NO3S/c1-13(14-8-4-3-5-9-14)19-17(20)12-22-18(21)15-10-6-7-11-16(15)23-2/h3-11,13H,12H2,1-2H3,(H,19,20)/t13-/m1/s1. The molecule has 120 valence electrons. The number of thioether (sulfide) groups is 1. The lowest BCUT2D eigenvalue weighted by molar-refractivity contribution is -0.124. The summed E-state index contributed by atoms with van der Waals surface area (Å²) in [5.74, 6) is -0.811. The summed E-state index contributed by atoms with van der Waals surface area (Å²) in [5, 5.41) is 2.81. The van der Waals surface area contributed by atoms with E-state index in [2.05, 4.69) is 5.32 Å². The van der Waals surface area contributed by atoms with Crippen LogP contribution in [0.2, 0.25) is 0 Å². The van der Waals surface area contributed by atoms with E-state index in [0.717, 1.165) is 10.5 Å². The number of hydrogen-bond donors (Lipinski definition) is 1. The zero-order valence-corrected chi connectivity index (χ0v) is 13.9. The van der Waals surface area contributed by atoms with Crippen molar-refractivity contribution in [1.29, 1.82) is 0 Å². The van der Waals surface area contributed by atoms with Gasteiger partial charge in [0, 0.05) is 4.90 Å². The van der Waals surface area contributed by atoms with Gasteiger partial charge in [0.05, 0.1) is 11.6 Å². The van der Waals surface area contributed by atoms with E-state index in [9.17, 15) is 9.59 Å². The monoisotopic (exact) mass is 329 g/mol. The maximum absolute atomic E-state index is 12.1. The number of ether oxygens (including phenoxy) is 1. The molecule has 0 unspecified atom stereocenters. The van der Waals surface area contributed by atoms with Crippen LogP contribution in [0.1, 0.15) is 28.9 Å². The second kappa shape index (κ2) is 8.39. The highest BCUT2D eigenvalue weighted by Crippen LogP contribution is 2.20. The number of rotatable bonds is 6. The normalized spacial score (nSPS) is 11.6. The molecule has 0 saturated carbocycles. The highest BCUT2D eigenvalue weighted by molar-refractivity contribution is 7.98. The van der Waals surface area contributed by atoms with Gasteiger partial charge in [-0.15, -0.1) is 11.8 Å². The molecule has 1 amide bonds. The lowest BCUT2D eigenvalue weighted by atomic mass is 10.1. The molecule has 0 fully saturated rings. The van der Waals surface area contributed by atoms with Crippen LogP contribution in [0.15, 0.2) is 59.5 Å². The van der Waals surface area contributed by atoms with Gasteiger partial charge in [0.2, 0.25) is 0 Å². The predicted octanol–water partition coefficient (Wildman–Crippen LogP) is 3.44. The molecule has 0 aliphatic rings. The zero-order valence-electron chi connectivity index (χ0n) is 13.1. The number of esters is 1. The van der Waals surface area contributed by atoms with Crippen molar-refractivity contribution in [3.8, 4) is 0 Å². The minimum atomic E-state index is -0.488. The lowest BCUT2D eigenvalue weighted by Crippen LogP contribution is -2.31. The Bertz CT molecular complexity index is 673. The van der Waals surface area contributed by atoms with Gasteiger partial charge in [0.15, 0.2) is 6.61 Å². The fraction of sp³-hybridized carbons (Fsp3) is 0.222. The van der Waals surface area contributed by atoms with Crippen LogP contribution < -0.4 is 5.32 Å². The second-order valence-corrected chi connectivity index (χ2v) is 5.82. The van der Waals surface area contributed by atoms with E-state index in [-0.39, 0.29) is 18.6 Å². The highest BCUT2D eigenvalue weighted by atomic mass is 32.2. The van der Waals surface area contributed by atoms with Crippen LogP contribution in [-0.2, 0) is 9.53 Å². The third-order valence-electron chi connectivity index (χ3n) is 3.34. The minimum absolute atomic E-state index is 0.138. The number of carbonyl (C=O) groups excluding carboxylic acids is 2. The first-order chi connectivity index (χ1) is 11.1. The van der Waals surface area contributed by atoms with E-state index in [1.54, 1.807) is 12.1 Å². The van der Waals surface area contributed by atoms with Gasteiger partial charge >= 0.3 is 5.97 Å². The van der Waals surface area contributed by atoms with Crippen LogP contribution in [0.5, 0.6) is 0 Å². The van der Waals surface area contributed by atoms with Crippen molar-refractivity contribution in [2.75, 3.05) is 12.9 Å². The molecule has 0 aliphatic carbocycles. The summed E-state index contributed by atoms with van der Waals surface area (Å²) < 4.78 is 5.10. The second-order valence-electron chi connectivity index (χ2n) is 4.98. The quantitative estimate of drug-likeness (QED) is 0.651. The average Bonchev–Trinajstić information content (AvgIpc) is 2.60. The Kier molecular flexibility index (Phi) is 6.23. The number of nitrogens with one attached hydrogen (secondary N) is 1. The van der Waals surface area contributed by atoms with Crippen molar-refractivity contribution >= 4 is 23.6 Å². The number of carbonyl (C=O) groups is 2. The minimum Gasteiger partial charge on any atom is -0.452 e. The Hall–Kier alpha value is -2.27. The lowest BCUT2D eigenvalue weighted by Gasteiger charge is -2.14. The zero-order chi connectivity index (χ0) is 16.7. The molecular formula is C18H19NO3S. The molecule has 1 N–H and O–H groups in total. The number of hydrogen-bond acceptors (Lipinski definition) is 4. The van der Waals surface area contributed by atoms with Crippen LogP contribution in [-0.4, -0.2) is 24.7 Å². The molecule has 0 radical (unpaired) electrons. The van der Waals surface area contributed by atoms with Crippen LogP contribution in [0.3, 0.4) is 0 Å². The summed E-state index contributed by atoms with van der Waals surface area (Å²) in [5.41, 5.74) is 1.48. The Labute approximate surface area is 140 Å². The first kappa shape index (κ1) is 17.1. The molecule has 4 nitrogen and oxygen atoms in total. The van der Waals surface area contributed by atoms with Gasteiger partial charge in [-0.05, 0) is 30.9 Å². The maximum atomic E-state index is 12.1. The van der Waals surface area contributed by atoms with Gasteiger partial charge < -0.3 is 10.1 Å². The van der Waals surface area contributed by atoms with Gasteiger partial charge in [-0.1, -0.05) is 42.5 Å². The van der Waals surface area contributed by atoms with Crippen molar-refractivity contribution in [3.05, 3.63) is 65.7 Å². The Morgan fingerprint density at radius 1 is 1.09 bits per heavy atom. The fourth-order valence-corrected chi connectivity index (χ4v) is 2.72. The van der Waals surface area contributed by atoms with E-state index in [1.807, 2.05) is 55.6 Å². The van der Waals surface area contributed by atoms with E-state index in [1.165, 1.54) is 11.8 Å². The summed E-state index contributed by atoms with van der Waals surface area (Å²) in [6.07, 6.45) is 1.89. The molecule has 0 saturated heterocycles. The Balaban J connectivity index is 1.88. The average molecular weight is 329 g/mol. The van der Waals surface area contributed by atoms with E-state index >= 15 is 0 Å². The molecule has 23 heavy (non-hydrogen) atoms. The first-order valence-corrected chi connectivity index (χ1v) is 8.48. The molecule has 0 heterocycles. The number of amides is 1. The third-order valence-corrected chi connectivity index (χ3v) is 4.13. The smallest absolute Gasteiger partial charge is 0.339 e. The van der Waals surface area contributed by atoms with Crippen molar-refractivity contribution in [1.82, 2.24) is 5.32 Å². The summed E-state index contributed by atoms with van der Waals surface area (Å²) in [6, 6.07) is 16.7. The van der Waals surface area contributed by atoms with Gasteiger partial charge in [0.25, 0.3) is 5.91 Å². The van der Waals surface area contributed by atoms with Gasteiger partial charge in [-0.2, -0.15) is 0 Å². The van der Waals surface area contributed by atoms with Crippen molar-refractivity contribution in [2.45, 2.75) is 17.9 Å². The summed E-state index contributed by atoms with van der Waals surface area (Å²) in [4.78, 5) is 24.8.